The number of rotatable bonds is 0. The second-order valence-corrected chi connectivity index (χ2v) is 3.76. The zero-order valence-corrected chi connectivity index (χ0v) is 8.09. The van der Waals surface area contributed by atoms with Gasteiger partial charge in [0.25, 0.3) is 0 Å². The van der Waals surface area contributed by atoms with E-state index in [1.54, 1.807) is 12.2 Å². The number of ether oxygens (including phenoxy) is 1. The Labute approximate surface area is 87.9 Å². The minimum Gasteiger partial charge on any atom is -0.361 e. The zero-order chi connectivity index (χ0) is 10.3. The number of carbonyl (C=O) groups excluding carboxylic acids is 1. The molecule has 1 fully saturated rings. The van der Waals surface area contributed by atoms with Crippen LogP contribution in [0.2, 0.25) is 0 Å². The Morgan fingerprint density at radius 3 is 1.93 bits per heavy atom. The number of hydrogen-bond donors (Lipinski definition) is 0. The molecule has 15 heavy (non-hydrogen) atoms. The maximum Gasteiger partial charge on any atom is 0.178 e. The summed E-state index contributed by atoms with van der Waals surface area (Å²) in [5.74, 6) is 0.0483. The Bertz CT molecular complexity index is 423. The topological polar surface area (TPSA) is 29.6 Å². The number of carbonyl (C=O) groups is 1. The molecule has 2 unspecified atom stereocenters. The fourth-order valence-corrected chi connectivity index (χ4v) is 1.74. The Balaban J connectivity index is 1.96. The van der Waals surface area contributed by atoms with Crippen LogP contribution in [0.15, 0.2) is 59.8 Å². The summed E-state index contributed by atoms with van der Waals surface area (Å²) in [7, 11) is 0. The molecule has 3 rings (SSSR count). The van der Waals surface area contributed by atoms with Crippen molar-refractivity contribution in [1.82, 2.24) is 0 Å². The van der Waals surface area contributed by atoms with Crippen molar-refractivity contribution in [2.24, 2.45) is 0 Å². The monoisotopic (exact) mass is 198 g/mol. The summed E-state index contributed by atoms with van der Waals surface area (Å²) in [6.45, 7) is 0. The van der Waals surface area contributed by atoms with E-state index in [0.29, 0.717) is 0 Å². The number of epoxide rings is 1. The predicted octanol–water partition coefficient (Wildman–Crippen LogP) is 1.87. The van der Waals surface area contributed by atoms with Gasteiger partial charge in [0, 0.05) is 0 Å². The highest BCUT2D eigenvalue weighted by molar-refractivity contribution is 6.01. The number of hydrogen-bond acceptors (Lipinski definition) is 2. The normalized spacial score (nSPS) is 31.9. The second kappa shape index (κ2) is 3.17. The van der Waals surface area contributed by atoms with Crippen molar-refractivity contribution >= 4 is 5.78 Å². The lowest BCUT2D eigenvalue weighted by Gasteiger charge is -2.03. The lowest BCUT2D eigenvalue weighted by atomic mass is 10.0. The Hall–Kier alpha value is -1.67. The highest BCUT2D eigenvalue weighted by Crippen LogP contribution is 2.29. The lowest BCUT2D eigenvalue weighted by molar-refractivity contribution is -0.110. The van der Waals surface area contributed by atoms with Crippen LogP contribution in [0, 0.1) is 0 Å². The van der Waals surface area contributed by atoms with Crippen molar-refractivity contribution in [2.75, 3.05) is 0 Å². The van der Waals surface area contributed by atoms with E-state index >= 15 is 0 Å². The van der Waals surface area contributed by atoms with Crippen LogP contribution in [0.5, 0.6) is 0 Å². The van der Waals surface area contributed by atoms with Gasteiger partial charge >= 0.3 is 0 Å². The third-order valence-electron chi connectivity index (χ3n) is 2.68. The quantitative estimate of drug-likeness (QED) is 0.556. The smallest absolute Gasteiger partial charge is 0.178 e. The molecule has 2 heteroatoms. The van der Waals surface area contributed by atoms with Gasteiger partial charge in [-0.05, 0) is 23.3 Å². The molecule has 3 aliphatic rings. The van der Waals surface area contributed by atoms with E-state index in [0.717, 1.165) is 11.1 Å². The van der Waals surface area contributed by atoms with Crippen molar-refractivity contribution in [3.8, 4) is 0 Å². The van der Waals surface area contributed by atoms with Gasteiger partial charge < -0.3 is 4.74 Å². The SMILES string of the molecule is O=C1C=CC(=C2C=CC3OC3C=C2)C=C1. The van der Waals surface area contributed by atoms with Gasteiger partial charge in [-0.3, -0.25) is 4.79 Å². The largest absolute Gasteiger partial charge is 0.361 e. The highest BCUT2D eigenvalue weighted by Gasteiger charge is 2.34. The molecule has 0 aromatic heterocycles. The van der Waals surface area contributed by atoms with Crippen LogP contribution in [-0.4, -0.2) is 18.0 Å². The van der Waals surface area contributed by atoms with E-state index in [2.05, 4.69) is 12.2 Å². The molecule has 2 nitrogen and oxygen atoms in total. The summed E-state index contributed by atoms with van der Waals surface area (Å²) in [6.07, 6.45) is 15.6. The Morgan fingerprint density at radius 1 is 0.800 bits per heavy atom. The minimum atomic E-state index is 0.0483. The molecule has 0 bridgehead atoms. The fourth-order valence-electron chi connectivity index (χ4n) is 1.74. The summed E-state index contributed by atoms with van der Waals surface area (Å²) in [4.78, 5) is 11.0. The van der Waals surface area contributed by atoms with E-state index in [-0.39, 0.29) is 18.0 Å². The predicted molar refractivity (Wildman–Crippen MR) is 57.3 cm³/mol. The van der Waals surface area contributed by atoms with Crippen LogP contribution in [0.1, 0.15) is 0 Å². The van der Waals surface area contributed by atoms with Gasteiger partial charge in [-0.2, -0.15) is 0 Å². The molecule has 74 valence electrons. The van der Waals surface area contributed by atoms with Crippen LogP contribution >= 0.6 is 0 Å². The van der Waals surface area contributed by atoms with Crippen LogP contribution in [0.25, 0.3) is 0 Å². The summed E-state index contributed by atoms with van der Waals surface area (Å²) in [5, 5.41) is 0. The van der Waals surface area contributed by atoms with Gasteiger partial charge in [-0.25, -0.2) is 0 Å². The Kier molecular flexibility index (Phi) is 1.82. The summed E-state index contributed by atoms with van der Waals surface area (Å²) >= 11 is 0. The first-order chi connectivity index (χ1) is 7.33. The molecule has 1 aliphatic heterocycles. The molecule has 1 heterocycles. The highest BCUT2D eigenvalue weighted by atomic mass is 16.6. The maximum atomic E-state index is 11.0. The van der Waals surface area contributed by atoms with Gasteiger partial charge in [0.05, 0.1) is 0 Å². The van der Waals surface area contributed by atoms with E-state index in [1.807, 2.05) is 24.3 Å². The van der Waals surface area contributed by atoms with Crippen LogP contribution in [-0.2, 0) is 9.53 Å². The Morgan fingerprint density at radius 2 is 1.33 bits per heavy atom. The van der Waals surface area contributed by atoms with E-state index in [4.69, 9.17) is 4.74 Å². The number of allylic oxidation sites excluding steroid dienone is 8. The van der Waals surface area contributed by atoms with Crippen molar-refractivity contribution in [1.29, 1.82) is 0 Å². The molecule has 0 aromatic carbocycles. The number of ketones is 1. The van der Waals surface area contributed by atoms with Crippen molar-refractivity contribution in [3.63, 3.8) is 0 Å². The van der Waals surface area contributed by atoms with Crippen LogP contribution < -0.4 is 0 Å². The van der Waals surface area contributed by atoms with Gasteiger partial charge in [-0.1, -0.05) is 36.5 Å². The average molecular weight is 198 g/mol. The summed E-state index contributed by atoms with van der Waals surface area (Å²) < 4.78 is 5.32. The van der Waals surface area contributed by atoms with Crippen molar-refractivity contribution < 1.29 is 9.53 Å². The first-order valence-electron chi connectivity index (χ1n) is 4.99. The lowest BCUT2D eigenvalue weighted by Crippen LogP contribution is -1.93. The van der Waals surface area contributed by atoms with Crippen molar-refractivity contribution in [2.45, 2.75) is 12.2 Å². The average Bonchev–Trinajstić information content (AvgIpc) is 2.97. The molecule has 2 atom stereocenters. The van der Waals surface area contributed by atoms with Gasteiger partial charge in [0.15, 0.2) is 5.78 Å². The van der Waals surface area contributed by atoms with E-state index in [9.17, 15) is 4.79 Å². The van der Waals surface area contributed by atoms with Gasteiger partial charge in [-0.15, -0.1) is 0 Å². The van der Waals surface area contributed by atoms with Crippen molar-refractivity contribution in [3.05, 3.63) is 59.8 Å². The third kappa shape index (κ3) is 1.64. The van der Waals surface area contributed by atoms with Gasteiger partial charge in [0.2, 0.25) is 0 Å². The molecule has 0 N–H and O–H groups in total. The van der Waals surface area contributed by atoms with Crippen LogP contribution in [0.3, 0.4) is 0 Å². The van der Waals surface area contributed by atoms with E-state index < -0.39 is 0 Å². The third-order valence-corrected chi connectivity index (χ3v) is 2.68. The molecule has 2 aliphatic carbocycles. The zero-order valence-electron chi connectivity index (χ0n) is 8.09. The maximum absolute atomic E-state index is 11.0. The van der Waals surface area contributed by atoms with E-state index in [1.165, 1.54) is 0 Å². The first-order valence-corrected chi connectivity index (χ1v) is 4.99. The van der Waals surface area contributed by atoms with Crippen LogP contribution in [0.4, 0.5) is 0 Å². The molecule has 0 aromatic rings. The second-order valence-electron chi connectivity index (χ2n) is 3.76. The summed E-state index contributed by atoms with van der Waals surface area (Å²) in [6, 6.07) is 0. The summed E-state index contributed by atoms with van der Waals surface area (Å²) in [5.41, 5.74) is 2.20. The molecule has 0 radical (unpaired) electrons. The standard InChI is InChI=1S/C13H10O2/c14-11-5-1-9(2-6-11)10-3-7-12-13(15-12)8-4-10/h1-8,12-13H. The molecule has 1 saturated heterocycles. The minimum absolute atomic E-state index is 0.0483. The van der Waals surface area contributed by atoms with Gasteiger partial charge in [0.1, 0.15) is 12.2 Å². The molecule has 0 saturated carbocycles. The number of fused-ring (bicyclic) bond motifs is 1. The first kappa shape index (κ1) is 8.62. The molecule has 0 amide bonds. The molecular weight excluding hydrogens is 188 g/mol. The fraction of sp³-hybridized carbons (Fsp3) is 0.154. The molecular formula is C13H10O2. The molecule has 0 spiro atoms.